The summed E-state index contributed by atoms with van der Waals surface area (Å²) >= 11 is 1.25. The normalized spacial score (nSPS) is 20.6. The first-order valence-electron chi connectivity index (χ1n) is 11.4. The summed E-state index contributed by atoms with van der Waals surface area (Å²) in [5, 5.41) is 11.4. The van der Waals surface area contributed by atoms with Crippen LogP contribution in [0.15, 0.2) is 56.2 Å². The van der Waals surface area contributed by atoms with Gasteiger partial charge in [0.25, 0.3) is 0 Å². The molecule has 0 fully saturated rings. The van der Waals surface area contributed by atoms with Gasteiger partial charge in [0, 0.05) is 31.6 Å². The lowest BCUT2D eigenvalue weighted by atomic mass is 10.1. The van der Waals surface area contributed by atoms with Gasteiger partial charge >= 0.3 is 0 Å². The van der Waals surface area contributed by atoms with Gasteiger partial charge in [0.1, 0.15) is 4.21 Å². The lowest BCUT2D eigenvalue weighted by Crippen LogP contribution is -2.38. The van der Waals surface area contributed by atoms with E-state index in [1.165, 1.54) is 11.3 Å². The first-order chi connectivity index (χ1) is 16.2. The minimum Gasteiger partial charge on any atom is -0.329 e. The lowest BCUT2D eigenvalue weighted by Gasteiger charge is -2.29. The molecule has 2 aromatic rings. The van der Waals surface area contributed by atoms with Gasteiger partial charge in [-0.25, -0.2) is 13.4 Å². The molecule has 0 saturated heterocycles. The molecule has 2 N–H and O–H groups in total. The second-order valence-corrected chi connectivity index (χ2v) is 12.8. The van der Waals surface area contributed by atoms with Crippen LogP contribution < -0.4 is 10.6 Å². The summed E-state index contributed by atoms with van der Waals surface area (Å²) in [6.07, 6.45) is 9.15. The molecule has 1 atom stereocenters. The Hall–Kier alpha value is -2.76. The Balaban J connectivity index is 1.51. The van der Waals surface area contributed by atoms with Crippen LogP contribution in [0.4, 0.5) is 5.00 Å². The van der Waals surface area contributed by atoms with E-state index >= 15 is 0 Å². The summed E-state index contributed by atoms with van der Waals surface area (Å²) in [5.74, 6) is 1.38. The molecule has 2 aromatic heterocycles. The summed E-state index contributed by atoms with van der Waals surface area (Å²) in [4.78, 5) is 11.9. The van der Waals surface area contributed by atoms with Crippen molar-refractivity contribution in [3.8, 4) is 0 Å². The molecule has 5 heterocycles. The maximum atomic E-state index is 12.8. The van der Waals surface area contributed by atoms with Crippen molar-refractivity contribution in [1.82, 2.24) is 20.0 Å². The Morgan fingerprint density at radius 2 is 2.15 bits per heavy atom. The van der Waals surface area contributed by atoms with Crippen LogP contribution in [-0.2, 0) is 16.9 Å². The molecule has 9 nitrogen and oxygen atoms in total. The molecule has 0 aliphatic carbocycles. The highest BCUT2D eigenvalue weighted by atomic mass is 32.2. The van der Waals surface area contributed by atoms with E-state index in [-0.39, 0.29) is 6.04 Å². The molecular weight excluding hydrogens is 470 g/mol. The van der Waals surface area contributed by atoms with E-state index in [1.807, 2.05) is 32.4 Å². The SMILES string of the molecule is Cc1cc(NC2=NC(C3=CCCNC3)=CN3C2=NCC3c2cnn(C)c2)sc1S(=O)(=O)C(C)C. The third-order valence-corrected chi connectivity index (χ3v) is 10.1. The van der Waals surface area contributed by atoms with Gasteiger partial charge in [0.05, 0.1) is 34.7 Å². The molecule has 11 heteroatoms. The summed E-state index contributed by atoms with van der Waals surface area (Å²) in [6, 6.07) is 1.91. The summed E-state index contributed by atoms with van der Waals surface area (Å²) in [7, 11) is -1.45. The summed E-state index contributed by atoms with van der Waals surface area (Å²) in [6.45, 7) is 7.57. The third kappa shape index (κ3) is 4.12. The second kappa shape index (κ2) is 8.79. The van der Waals surface area contributed by atoms with E-state index in [0.717, 1.165) is 52.7 Å². The van der Waals surface area contributed by atoms with Crippen LogP contribution in [0, 0.1) is 6.92 Å². The van der Waals surface area contributed by atoms with Crippen molar-refractivity contribution < 1.29 is 8.42 Å². The quantitative estimate of drug-likeness (QED) is 0.656. The Kier molecular flexibility index (Phi) is 5.95. The molecule has 0 saturated carbocycles. The fraction of sp³-hybridized carbons (Fsp3) is 0.435. The maximum Gasteiger partial charge on any atom is 0.190 e. The number of fused-ring (bicyclic) bond motifs is 1. The third-order valence-electron chi connectivity index (χ3n) is 6.16. The maximum absolute atomic E-state index is 12.8. The number of hydrogen-bond acceptors (Lipinski definition) is 9. The van der Waals surface area contributed by atoms with Crippen molar-refractivity contribution in [2.24, 2.45) is 17.0 Å². The first kappa shape index (κ1) is 23.0. The zero-order valence-electron chi connectivity index (χ0n) is 19.7. The van der Waals surface area contributed by atoms with E-state index in [2.05, 4.69) is 32.9 Å². The smallest absolute Gasteiger partial charge is 0.190 e. The highest BCUT2D eigenvalue weighted by Crippen LogP contribution is 2.36. The van der Waals surface area contributed by atoms with Crippen LogP contribution in [0.2, 0.25) is 0 Å². The first-order valence-corrected chi connectivity index (χ1v) is 13.7. The van der Waals surface area contributed by atoms with Gasteiger partial charge in [-0.1, -0.05) is 6.08 Å². The largest absolute Gasteiger partial charge is 0.329 e. The summed E-state index contributed by atoms with van der Waals surface area (Å²) < 4.78 is 27.8. The van der Waals surface area contributed by atoms with Gasteiger partial charge in [-0.3, -0.25) is 9.67 Å². The number of aryl methyl sites for hydroxylation is 2. The number of anilines is 1. The monoisotopic (exact) mass is 499 g/mol. The van der Waals surface area contributed by atoms with Gasteiger partial charge < -0.3 is 15.5 Å². The van der Waals surface area contributed by atoms with Crippen LogP contribution >= 0.6 is 11.3 Å². The van der Waals surface area contributed by atoms with Crippen LogP contribution in [0.3, 0.4) is 0 Å². The van der Waals surface area contributed by atoms with Gasteiger partial charge in [0.15, 0.2) is 21.5 Å². The van der Waals surface area contributed by atoms with Crippen molar-refractivity contribution in [2.75, 3.05) is 25.0 Å². The second-order valence-electron chi connectivity index (χ2n) is 9.00. The predicted octanol–water partition coefficient (Wildman–Crippen LogP) is 3.01. The fourth-order valence-corrected chi connectivity index (χ4v) is 7.32. The lowest BCUT2D eigenvalue weighted by molar-refractivity contribution is 0.455. The van der Waals surface area contributed by atoms with E-state index in [0.29, 0.717) is 16.6 Å². The molecule has 0 spiro atoms. The van der Waals surface area contributed by atoms with Gasteiger partial charge in [-0.05, 0) is 50.9 Å². The fourth-order valence-electron chi connectivity index (χ4n) is 4.27. The number of aliphatic imine (C=N–C) groups is 2. The molecular formula is C23H29N7O2S2. The minimum absolute atomic E-state index is 0.0325. The van der Waals surface area contributed by atoms with Crippen molar-refractivity contribution in [3.63, 3.8) is 0 Å². The number of thiophene rings is 1. The Morgan fingerprint density at radius 1 is 1.32 bits per heavy atom. The van der Waals surface area contributed by atoms with Gasteiger partial charge in [-0.2, -0.15) is 5.10 Å². The molecule has 0 amide bonds. The standard InChI is InChI=1S/C23H29N7O2S2/c1-14(2)34(31,32)23-15(3)8-20(33-23)28-21-22-25-11-19(17-10-26-29(4)12-17)30(22)13-18(27-21)16-6-5-7-24-9-16/h6,8,10,12-14,19,24H,5,7,9,11H2,1-4H3,(H,27,28). The molecule has 5 rings (SSSR count). The molecule has 3 aliphatic heterocycles. The number of amidine groups is 2. The number of hydrogen-bond donors (Lipinski definition) is 2. The van der Waals surface area contributed by atoms with Gasteiger partial charge in [0.2, 0.25) is 0 Å². The van der Waals surface area contributed by atoms with E-state index in [1.54, 1.807) is 18.5 Å². The van der Waals surface area contributed by atoms with E-state index in [4.69, 9.17) is 9.98 Å². The van der Waals surface area contributed by atoms with Crippen LogP contribution in [0.5, 0.6) is 0 Å². The molecule has 3 aliphatic rings. The molecule has 0 radical (unpaired) electrons. The van der Waals surface area contributed by atoms with Crippen molar-refractivity contribution >= 4 is 37.8 Å². The molecule has 180 valence electrons. The zero-order chi connectivity index (χ0) is 24.0. The highest BCUT2D eigenvalue weighted by molar-refractivity contribution is 7.94. The summed E-state index contributed by atoms with van der Waals surface area (Å²) in [5.41, 5.74) is 3.86. The average Bonchev–Trinajstić information content (AvgIpc) is 3.52. The molecule has 34 heavy (non-hydrogen) atoms. The number of nitrogens with zero attached hydrogens (tertiary/aromatic N) is 5. The predicted molar refractivity (Wildman–Crippen MR) is 136 cm³/mol. The molecule has 0 aromatic carbocycles. The average molecular weight is 500 g/mol. The number of rotatable bonds is 5. The molecule has 0 bridgehead atoms. The van der Waals surface area contributed by atoms with Crippen molar-refractivity contribution in [3.05, 3.63) is 53.1 Å². The van der Waals surface area contributed by atoms with Crippen LogP contribution in [-0.4, -0.2) is 59.7 Å². The zero-order valence-corrected chi connectivity index (χ0v) is 21.4. The topological polar surface area (TPSA) is 104 Å². The van der Waals surface area contributed by atoms with Crippen molar-refractivity contribution in [1.29, 1.82) is 0 Å². The highest BCUT2D eigenvalue weighted by Gasteiger charge is 2.35. The van der Waals surface area contributed by atoms with Crippen molar-refractivity contribution in [2.45, 2.75) is 42.7 Å². The minimum atomic E-state index is -3.36. The number of aromatic nitrogens is 2. The van der Waals surface area contributed by atoms with Gasteiger partial charge in [-0.15, -0.1) is 11.3 Å². The Morgan fingerprint density at radius 3 is 2.82 bits per heavy atom. The van der Waals surface area contributed by atoms with Crippen LogP contribution in [0.25, 0.3) is 0 Å². The van der Waals surface area contributed by atoms with E-state index < -0.39 is 15.1 Å². The van der Waals surface area contributed by atoms with Crippen LogP contribution in [0.1, 0.15) is 37.4 Å². The number of sulfone groups is 1. The molecule has 1 unspecified atom stereocenters. The Labute approximate surface area is 203 Å². The van der Waals surface area contributed by atoms with E-state index in [9.17, 15) is 8.42 Å². The Bertz CT molecular complexity index is 1340. The number of nitrogens with one attached hydrogen (secondary N) is 2.